The summed E-state index contributed by atoms with van der Waals surface area (Å²) >= 11 is 0. The predicted octanol–water partition coefficient (Wildman–Crippen LogP) is -2.39. The van der Waals surface area contributed by atoms with Gasteiger partial charge in [0.1, 0.15) is 0 Å². The maximum atomic E-state index is 12.1. The van der Waals surface area contributed by atoms with Gasteiger partial charge in [0.25, 0.3) is 0 Å². The summed E-state index contributed by atoms with van der Waals surface area (Å²) in [4.78, 5) is 38.4. The molecule has 2 heterocycles. The number of carbonyl (C=O) groups is 2. The Bertz CT molecular complexity index is 432. The van der Waals surface area contributed by atoms with Crippen molar-refractivity contribution >= 4 is 19.2 Å². The van der Waals surface area contributed by atoms with Gasteiger partial charge in [0.2, 0.25) is 11.8 Å². The van der Waals surface area contributed by atoms with Crippen molar-refractivity contribution < 1.29 is 48.6 Å². The minimum absolute atomic E-state index is 0. The van der Waals surface area contributed by atoms with E-state index in [0.717, 1.165) is 25.7 Å². The first-order valence-corrected chi connectivity index (χ1v) is 9.32. The monoisotopic (exact) mass is 324 g/mol. The molecule has 0 aliphatic carbocycles. The van der Waals surface area contributed by atoms with Crippen LogP contribution in [-0.4, -0.2) is 53.7 Å². The number of hydrogen-bond donors (Lipinski definition) is 0. The Morgan fingerprint density at radius 1 is 0.952 bits per heavy atom. The zero-order valence-corrected chi connectivity index (χ0v) is 15.6. The second kappa shape index (κ2) is 8.68. The predicted molar refractivity (Wildman–Crippen MR) is 73.3 cm³/mol. The van der Waals surface area contributed by atoms with Crippen LogP contribution < -0.4 is 34.5 Å². The zero-order valence-electron chi connectivity index (χ0n) is 12.8. The number of hydrogen-bond acceptors (Lipinski definition) is 4. The fourth-order valence-corrected chi connectivity index (χ4v) is 4.24. The number of nitrogens with zero attached hydrogens (tertiary/aromatic N) is 2. The van der Waals surface area contributed by atoms with Crippen molar-refractivity contribution in [1.82, 2.24) is 9.80 Å². The maximum Gasteiger partial charge on any atom is 1.00 e. The summed E-state index contributed by atoms with van der Waals surface area (Å²) in [6, 6.07) is 0. The van der Waals surface area contributed by atoms with Crippen molar-refractivity contribution in [2.75, 3.05) is 32.1 Å². The van der Waals surface area contributed by atoms with Crippen LogP contribution in [0.2, 0.25) is 0 Å². The van der Waals surface area contributed by atoms with Gasteiger partial charge in [-0.1, -0.05) is 6.42 Å². The van der Waals surface area contributed by atoms with Crippen LogP contribution in [0.25, 0.3) is 0 Å². The minimum Gasteiger partial charge on any atom is -0.798 e. The van der Waals surface area contributed by atoms with Crippen molar-refractivity contribution in [3.05, 3.63) is 0 Å². The van der Waals surface area contributed by atoms with Crippen LogP contribution in [0.5, 0.6) is 0 Å². The minimum atomic E-state index is -3.64. The molecule has 114 valence electrons. The van der Waals surface area contributed by atoms with E-state index in [4.69, 9.17) is 0 Å². The molecule has 6 nitrogen and oxygen atoms in total. The molecule has 0 saturated carbocycles. The van der Waals surface area contributed by atoms with Crippen LogP contribution in [-0.2, 0) is 14.2 Å². The third-order valence-corrected chi connectivity index (χ3v) is 5.59. The molecule has 2 amide bonds. The largest absolute Gasteiger partial charge is 1.00 e. The summed E-state index contributed by atoms with van der Waals surface area (Å²) in [5.74, 6) is -0.0216. The Hall–Kier alpha value is 0.130. The second-order valence-corrected chi connectivity index (χ2v) is 7.99. The van der Waals surface area contributed by atoms with Crippen LogP contribution in [0, 0.1) is 0 Å². The average Bonchev–Trinajstić information content (AvgIpc) is 2.69. The molecule has 0 aromatic rings. The maximum absolute atomic E-state index is 12.1. The molecular weight excluding hydrogens is 302 g/mol. The van der Waals surface area contributed by atoms with Gasteiger partial charge in [-0.25, -0.2) is 0 Å². The first-order chi connectivity index (χ1) is 9.48. The van der Waals surface area contributed by atoms with Gasteiger partial charge in [-0.2, -0.15) is 0 Å². The Morgan fingerprint density at radius 3 is 2.24 bits per heavy atom. The summed E-state index contributed by atoms with van der Waals surface area (Å²) < 4.78 is 12.1. The van der Waals surface area contributed by atoms with Gasteiger partial charge >= 0.3 is 29.6 Å². The smallest absolute Gasteiger partial charge is 0.798 e. The molecule has 0 N–H and O–H groups in total. The standard InChI is InChI=1S/C13H23N2O4P.Na/c16-12-6-4-8-14(12)9-10-20(18,19)11-15-7-3-1-2-5-13(15)17;/h1-11H2,(H,18,19);/q;+1/p-1. The van der Waals surface area contributed by atoms with E-state index < -0.39 is 7.37 Å². The molecule has 2 fully saturated rings. The Morgan fingerprint density at radius 2 is 1.57 bits per heavy atom. The van der Waals surface area contributed by atoms with Crippen molar-refractivity contribution in [2.24, 2.45) is 0 Å². The molecule has 0 aromatic carbocycles. The van der Waals surface area contributed by atoms with Crippen molar-refractivity contribution in [3.8, 4) is 0 Å². The van der Waals surface area contributed by atoms with Crippen LogP contribution in [0.4, 0.5) is 0 Å². The van der Waals surface area contributed by atoms with Gasteiger partial charge < -0.3 is 19.3 Å². The van der Waals surface area contributed by atoms with Gasteiger partial charge in [0.15, 0.2) is 0 Å². The van der Waals surface area contributed by atoms with E-state index in [0.29, 0.717) is 25.9 Å². The average molecular weight is 324 g/mol. The molecule has 8 heteroatoms. The number of carbonyl (C=O) groups excluding carboxylic acids is 2. The fraction of sp³-hybridized carbons (Fsp3) is 0.846. The zero-order chi connectivity index (χ0) is 14.6. The Labute approximate surface area is 148 Å². The van der Waals surface area contributed by atoms with Gasteiger partial charge in [0, 0.05) is 46.0 Å². The molecule has 0 bridgehead atoms. The van der Waals surface area contributed by atoms with Crippen molar-refractivity contribution in [3.63, 3.8) is 0 Å². The normalized spacial score (nSPS) is 22.7. The fourth-order valence-electron chi connectivity index (χ4n) is 2.73. The molecule has 2 rings (SSSR count). The van der Waals surface area contributed by atoms with E-state index in [9.17, 15) is 19.0 Å². The van der Waals surface area contributed by atoms with Crippen LogP contribution in [0.15, 0.2) is 0 Å². The molecule has 1 unspecified atom stereocenters. The summed E-state index contributed by atoms with van der Waals surface area (Å²) in [7, 11) is -3.64. The van der Waals surface area contributed by atoms with Crippen molar-refractivity contribution in [1.29, 1.82) is 0 Å². The van der Waals surface area contributed by atoms with E-state index in [2.05, 4.69) is 0 Å². The molecule has 2 aliphatic heterocycles. The van der Waals surface area contributed by atoms with E-state index >= 15 is 0 Å². The molecule has 1 atom stereocenters. The third-order valence-electron chi connectivity index (χ3n) is 3.94. The van der Waals surface area contributed by atoms with E-state index in [1.807, 2.05) is 0 Å². The summed E-state index contributed by atoms with van der Waals surface area (Å²) in [6.45, 7) is 1.46. The van der Waals surface area contributed by atoms with E-state index in [-0.39, 0.29) is 60.4 Å². The van der Waals surface area contributed by atoms with Crippen LogP contribution in [0.3, 0.4) is 0 Å². The van der Waals surface area contributed by atoms with Gasteiger partial charge in [-0.3, -0.25) is 9.59 Å². The number of amides is 2. The van der Waals surface area contributed by atoms with Gasteiger partial charge in [-0.05, 0) is 19.3 Å². The first kappa shape index (κ1) is 19.2. The Balaban J connectivity index is 0.00000220. The van der Waals surface area contributed by atoms with Crippen molar-refractivity contribution in [2.45, 2.75) is 38.5 Å². The van der Waals surface area contributed by atoms with Gasteiger partial charge in [0.05, 0.1) is 6.29 Å². The van der Waals surface area contributed by atoms with E-state index in [1.54, 1.807) is 4.90 Å². The first-order valence-electron chi connectivity index (χ1n) is 7.33. The van der Waals surface area contributed by atoms with Crippen LogP contribution >= 0.6 is 7.37 Å². The summed E-state index contributed by atoms with van der Waals surface area (Å²) in [5.41, 5.74) is 0. The number of likely N-dealkylation sites (tertiary alicyclic amines) is 2. The Kier molecular flexibility index (Phi) is 7.93. The third kappa shape index (κ3) is 6.03. The molecule has 2 aliphatic rings. The quantitative estimate of drug-likeness (QED) is 0.417. The van der Waals surface area contributed by atoms with Crippen LogP contribution in [0.1, 0.15) is 38.5 Å². The van der Waals surface area contributed by atoms with E-state index in [1.165, 1.54) is 4.90 Å². The molecule has 21 heavy (non-hydrogen) atoms. The van der Waals surface area contributed by atoms with Gasteiger partial charge in [-0.15, -0.1) is 0 Å². The number of rotatable bonds is 5. The molecule has 0 radical (unpaired) electrons. The topological polar surface area (TPSA) is 80.8 Å². The summed E-state index contributed by atoms with van der Waals surface area (Å²) in [5, 5.41) is 0. The molecule has 2 saturated heterocycles. The SMILES string of the molecule is O=C1CCCN1CCP(=O)([O-])CN1CCCCCC1=O.[Na+]. The molecular formula is C13H22N2NaO4P. The molecule has 0 spiro atoms. The summed E-state index contributed by atoms with van der Waals surface area (Å²) in [6.07, 6.45) is 4.28. The second-order valence-electron chi connectivity index (χ2n) is 5.63. The molecule has 0 aromatic heterocycles.